The first-order valence-electron chi connectivity index (χ1n) is 14.8. The SMILES string of the molecule is C=CC(/C=C/c1cccc(O)c1C(=O)O[C@@H](CCOCc1ccc(OC)cc1)C[C@@H](C=C)OCOC)O[Si](C)(C)C(C)(C)C. The van der Waals surface area contributed by atoms with Gasteiger partial charge in [-0.2, -0.15) is 0 Å². The van der Waals surface area contributed by atoms with Crippen LogP contribution in [0.1, 0.15) is 55.1 Å². The Morgan fingerprint density at radius 3 is 2.34 bits per heavy atom. The molecule has 1 N–H and O–H groups in total. The molecule has 1 unspecified atom stereocenters. The molecular weight excluding hydrogens is 576 g/mol. The van der Waals surface area contributed by atoms with Crippen molar-refractivity contribution in [2.45, 2.75) is 76.7 Å². The molecule has 2 rings (SSSR count). The Bertz CT molecular complexity index is 1220. The lowest BCUT2D eigenvalue weighted by molar-refractivity contribution is -0.0715. The number of phenols is 1. The van der Waals surface area contributed by atoms with E-state index in [2.05, 4.69) is 47.0 Å². The third kappa shape index (κ3) is 11.7. The molecule has 2 aromatic carbocycles. The van der Waals surface area contributed by atoms with Crippen molar-refractivity contribution in [3.8, 4) is 11.5 Å². The van der Waals surface area contributed by atoms with E-state index in [1.165, 1.54) is 13.2 Å². The van der Waals surface area contributed by atoms with Crippen LogP contribution in [0.5, 0.6) is 11.5 Å². The average Bonchev–Trinajstić information content (AvgIpc) is 2.98. The maximum atomic E-state index is 13.6. The van der Waals surface area contributed by atoms with Gasteiger partial charge in [0.05, 0.1) is 32.5 Å². The first kappa shape index (κ1) is 37.0. The second-order valence-electron chi connectivity index (χ2n) is 12.0. The van der Waals surface area contributed by atoms with Crippen molar-refractivity contribution in [1.29, 1.82) is 0 Å². The molecule has 0 aliphatic carbocycles. The minimum Gasteiger partial charge on any atom is -0.507 e. The normalized spacial score (nSPS) is 14.2. The number of hydrogen-bond donors (Lipinski definition) is 1. The maximum Gasteiger partial charge on any atom is 0.342 e. The fourth-order valence-corrected chi connectivity index (χ4v) is 5.22. The number of esters is 1. The van der Waals surface area contributed by atoms with Gasteiger partial charge in [-0.05, 0) is 47.5 Å². The van der Waals surface area contributed by atoms with Crippen molar-refractivity contribution in [2.75, 3.05) is 27.6 Å². The molecule has 44 heavy (non-hydrogen) atoms. The van der Waals surface area contributed by atoms with Gasteiger partial charge in [-0.1, -0.05) is 69.3 Å². The predicted molar refractivity (Wildman–Crippen MR) is 177 cm³/mol. The maximum absolute atomic E-state index is 13.6. The number of methoxy groups -OCH3 is 2. The van der Waals surface area contributed by atoms with E-state index in [1.54, 1.807) is 37.5 Å². The summed E-state index contributed by atoms with van der Waals surface area (Å²) in [5, 5.41) is 10.8. The molecule has 0 amide bonds. The van der Waals surface area contributed by atoms with E-state index < -0.39 is 26.5 Å². The third-order valence-electron chi connectivity index (χ3n) is 7.66. The molecule has 0 fully saturated rings. The summed E-state index contributed by atoms with van der Waals surface area (Å²) in [6.45, 7) is 19.4. The quantitative estimate of drug-likeness (QED) is 0.0558. The number of benzene rings is 2. The molecule has 0 bridgehead atoms. The highest BCUT2D eigenvalue weighted by Gasteiger charge is 2.38. The zero-order chi connectivity index (χ0) is 32.8. The lowest BCUT2D eigenvalue weighted by atomic mass is 10.0. The van der Waals surface area contributed by atoms with Crippen LogP contribution in [0.4, 0.5) is 0 Å². The van der Waals surface area contributed by atoms with Crippen LogP contribution < -0.4 is 4.74 Å². The number of carbonyl (C=O) groups excluding carboxylic acids is 1. The van der Waals surface area contributed by atoms with Gasteiger partial charge >= 0.3 is 5.97 Å². The summed E-state index contributed by atoms with van der Waals surface area (Å²) in [5.41, 5.74) is 1.56. The van der Waals surface area contributed by atoms with Crippen molar-refractivity contribution >= 4 is 20.4 Å². The lowest BCUT2D eigenvalue weighted by Gasteiger charge is -2.38. The smallest absolute Gasteiger partial charge is 0.342 e. The molecule has 8 nitrogen and oxygen atoms in total. The minimum atomic E-state index is -2.08. The van der Waals surface area contributed by atoms with Gasteiger partial charge in [0.15, 0.2) is 8.32 Å². The number of rotatable bonds is 19. The summed E-state index contributed by atoms with van der Waals surface area (Å²) in [4.78, 5) is 13.6. The Labute approximate surface area is 264 Å². The van der Waals surface area contributed by atoms with Crippen LogP contribution in [0.15, 0.2) is 73.9 Å². The molecule has 3 atom stereocenters. The van der Waals surface area contributed by atoms with Crippen molar-refractivity contribution in [3.05, 3.63) is 90.5 Å². The summed E-state index contributed by atoms with van der Waals surface area (Å²) < 4.78 is 34.2. The topological polar surface area (TPSA) is 92.7 Å². The van der Waals surface area contributed by atoms with E-state index in [9.17, 15) is 9.90 Å². The summed E-state index contributed by atoms with van der Waals surface area (Å²) in [7, 11) is 1.08. The second kappa shape index (κ2) is 17.9. The van der Waals surface area contributed by atoms with Crippen LogP contribution in [0.25, 0.3) is 6.08 Å². The number of aromatic hydroxyl groups is 1. The molecule has 0 aromatic heterocycles. The fourth-order valence-electron chi connectivity index (χ4n) is 4.01. The monoisotopic (exact) mass is 626 g/mol. The van der Waals surface area contributed by atoms with Crippen LogP contribution in [-0.4, -0.2) is 65.3 Å². The highest BCUT2D eigenvalue weighted by atomic mass is 28.4. The van der Waals surface area contributed by atoms with Crippen molar-refractivity contribution in [2.24, 2.45) is 0 Å². The molecule has 0 spiro atoms. The Morgan fingerprint density at radius 1 is 1.05 bits per heavy atom. The van der Waals surface area contributed by atoms with Crippen LogP contribution >= 0.6 is 0 Å². The molecule has 0 heterocycles. The molecule has 2 aromatic rings. The van der Waals surface area contributed by atoms with Crippen molar-refractivity contribution < 1.29 is 38.0 Å². The van der Waals surface area contributed by atoms with Crippen LogP contribution in [-0.2, 0) is 30.0 Å². The molecule has 242 valence electrons. The zero-order valence-electron chi connectivity index (χ0n) is 27.3. The number of carbonyl (C=O) groups is 1. The highest BCUT2D eigenvalue weighted by molar-refractivity contribution is 6.74. The number of phenolic OH excluding ortho intramolecular Hbond substituents is 1. The average molecular weight is 627 g/mol. The first-order chi connectivity index (χ1) is 20.8. The van der Waals surface area contributed by atoms with Crippen LogP contribution in [0.2, 0.25) is 18.1 Å². The van der Waals surface area contributed by atoms with Gasteiger partial charge in [0.2, 0.25) is 0 Å². The Morgan fingerprint density at radius 2 is 1.75 bits per heavy atom. The Kier molecular flexibility index (Phi) is 15.1. The van der Waals surface area contributed by atoms with Crippen molar-refractivity contribution in [1.82, 2.24) is 0 Å². The van der Waals surface area contributed by atoms with Gasteiger partial charge in [-0.15, -0.1) is 13.2 Å². The second-order valence-corrected chi connectivity index (χ2v) is 16.7. The van der Waals surface area contributed by atoms with E-state index in [4.69, 9.17) is 28.1 Å². The fraction of sp³-hybridized carbons (Fsp3) is 0.457. The molecule has 0 aliphatic heterocycles. The Hall–Kier alpha value is -3.21. The summed E-state index contributed by atoms with van der Waals surface area (Å²) in [5.74, 6) is -0.0604. The molecular formula is C35H50O8Si. The molecule has 0 aliphatic rings. The van der Waals surface area contributed by atoms with Gasteiger partial charge in [0.1, 0.15) is 30.0 Å². The summed E-state index contributed by atoms with van der Waals surface area (Å²) in [6.07, 6.45) is 6.36. The summed E-state index contributed by atoms with van der Waals surface area (Å²) >= 11 is 0. The standard InChI is InChI=1S/C35H50O8Si/c1-10-28(43-44(8,9)35(3,4)5)20-17-27-13-12-14-32(36)33(27)34(37)42-31(23-29(11-2)41-25-38-6)21-22-40-24-26-15-18-30(39-7)19-16-26/h10-20,28-29,31,36H,1-2,21-25H2,3-9H3/b20-17+/t28?,29-,31+/m1/s1. The largest absolute Gasteiger partial charge is 0.507 e. The zero-order valence-corrected chi connectivity index (χ0v) is 28.3. The van der Waals surface area contributed by atoms with Crippen LogP contribution in [0, 0.1) is 0 Å². The van der Waals surface area contributed by atoms with Gasteiger partial charge in [0.25, 0.3) is 0 Å². The lowest BCUT2D eigenvalue weighted by Crippen LogP contribution is -2.43. The van der Waals surface area contributed by atoms with E-state index in [-0.39, 0.29) is 29.2 Å². The van der Waals surface area contributed by atoms with E-state index in [0.29, 0.717) is 31.6 Å². The molecule has 0 radical (unpaired) electrons. The van der Waals surface area contributed by atoms with Gasteiger partial charge in [-0.3, -0.25) is 0 Å². The van der Waals surface area contributed by atoms with Crippen LogP contribution in [0.3, 0.4) is 0 Å². The molecule has 0 saturated heterocycles. The van der Waals surface area contributed by atoms with E-state index >= 15 is 0 Å². The molecule has 0 saturated carbocycles. The summed E-state index contributed by atoms with van der Waals surface area (Å²) in [6, 6.07) is 12.5. The van der Waals surface area contributed by atoms with Gasteiger partial charge in [-0.25, -0.2) is 4.79 Å². The van der Waals surface area contributed by atoms with Gasteiger partial charge in [0, 0.05) is 20.0 Å². The van der Waals surface area contributed by atoms with E-state index in [0.717, 1.165) is 11.3 Å². The van der Waals surface area contributed by atoms with Crippen molar-refractivity contribution in [3.63, 3.8) is 0 Å². The number of ether oxygens (including phenoxy) is 5. The first-order valence-corrected chi connectivity index (χ1v) is 17.7. The predicted octanol–water partition coefficient (Wildman–Crippen LogP) is 7.69. The molecule has 9 heteroatoms. The Balaban J connectivity index is 2.21. The third-order valence-corrected chi connectivity index (χ3v) is 12.1. The van der Waals surface area contributed by atoms with Gasteiger partial charge < -0.3 is 33.2 Å². The van der Waals surface area contributed by atoms with E-state index in [1.807, 2.05) is 30.3 Å². The minimum absolute atomic E-state index is 0.0196. The highest BCUT2D eigenvalue weighted by Crippen LogP contribution is 2.37. The number of hydrogen-bond acceptors (Lipinski definition) is 8.